The number of hydrogen-bond acceptors (Lipinski definition) is 7. The Morgan fingerprint density at radius 3 is 2.55 bits per heavy atom. The molecule has 1 spiro atoms. The third kappa shape index (κ3) is 4.31. The minimum Gasteiger partial charge on any atom is -0.395 e. The molecule has 3 aliphatic heterocycles. The first-order valence-corrected chi connectivity index (χ1v) is 14.2. The van der Waals surface area contributed by atoms with Crippen LogP contribution in [0.25, 0.3) is 11.0 Å². The Morgan fingerprint density at radius 1 is 1.07 bits per heavy atom. The number of likely N-dealkylation sites (tertiary alicyclic amines) is 1. The van der Waals surface area contributed by atoms with Crippen LogP contribution >= 0.6 is 0 Å². The van der Waals surface area contributed by atoms with Gasteiger partial charge in [-0.05, 0) is 37.1 Å². The van der Waals surface area contributed by atoms with Gasteiger partial charge in [0.05, 0.1) is 30.1 Å². The fourth-order valence-corrected chi connectivity index (χ4v) is 7.03. The van der Waals surface area contributed by atoms with Crippen LogP contribution in [0.2, 0.25) is 0 Å². The number of anilines is 1. The molecule has 42 heavy (non-hydrogen) atoms. The molecular formula is C31H34N6O5. The molecule has 0 saturated carbocycles. The molecule has 4 heterocycles. The number of para-hydroxylation sites is 2. The van der Waals surface area contributed by atoms with Crippen molar-refractivity contribution in [1.82, 2.24) is 24.8 Å². The maximum Gasteiger partial charge on any atom is 0.250 e. The molecule has 0 radical (unpaired) electrons. The Kier molecular flexibility index (Phi) is 7.38. The third-order valence-corrected chi connectivity index (χ3v) is 8.69. The van der Waals surface area contributed by atoms with Crippen LogP contribution in [0.1, 0.15) is 12.8 Å². The van der Waals surface area contributed by atoms with Crippen LogP contribution < -0.4 is 4.90 Å². The normalized spacial score (nSPS) is 25.9. The van der Waals surface area contributed by atoms with Crippen molar-refractivity contribution in [1.29, 1.82) is 0 Å². The molecule has 2 bridgehead atoms. The van der Waals surface area contributed by atoms with Crippen molar-refractivity contribution in [2.24, 2.45) is 11.8 Å². The maximum absolute atomic E-state index is 14.4. The van der Waals surface area contributed by atoms with Gasteiger partial charge in [0.25, 0.3) is 0 Å². The highest BCUT2D eigenvalue weighted by Gasteiger charge is 2.74. The zero-order chi connectivity index (χ0) is 29.4. The van der Waals surface area contributed by atoms with Crippen LogP contribution in [0.15, 0.2) is 79.9 Å². The molecule has 11 nitrogen and oxygen atoms in total. The number of ether oxygens (including phenoxy) is 1. The molecule has 11 heteroatoms. The molecule has 2 unspecified atom stereocenters. The molecule has 3 aliphatic rings. The molecule has 218 valence electrons. The summed E-state index contributed by atoms with van der Waals surface area (Å²) in [6.07, 6.45) is 3.77. The number of fused-ring (bicyclic) bond motifs is 2. The van der Waals surface area contributed by atoms with Gasteiger partial charge in [-0.2, -0.15) is 0 Å². The maximum atomic E-state index is 14.4. The molecule has 3 saturated heterocycles. The van der Waals surface area contributed by atoms with Gasteiger partial charge in [0.1, 0.15) is 23.8 Å². The number of benzene rings is 2. The number of nitrogens with zero attached hydrogens (tertiary/aromatic N) is 6. The van der Waals surface area contributed by atoms with Crippen molar-refractivity contribution in [3.8, 4) is 0 Å². The minimum absolute atomic E-state index is 0.0499. The minimum atomic E-state index is -1.19. The zero-order valence-electron chi connectivity index (χ0n) is 23.3. The number of aliphatic hydroxyl groups excluding tert-OH is 1. The Bertz CT molecular complexity index is 1520. The van der Waals surface area contributed by atoms with Crippen molar-refractivity contribution in [3.05, 3.63) is 79.9 Å². The lowest BCUT2D eigenvalue weighted by molar-refractivity contribution is -0.149. The van der Waals surface area contributed by atoms with Gasteiger partial charge in [0, 0.05) is 25.3 Å². The van der Waals surface area contributed by atoms with E-state index in [1.54, 1.807) is 26.6 Å². The van der Waals surface area contributed by atoms with E-state index in [0.29, 0.717) is 24.0 Å². The topological polar surface area (TPSA) is 121 Å². The van der Waals surface area contributed by atoms with Crippen LogP contribution in [0.3, 0.4) is 0 Å². The first kappa shape index (κ1) is 27.8. The average molecular weight is 571 g/mol. The molecule has 2 aromatic carbocycles. The van der Waals surface area contributed by atoms with E-state index in [1.165, 1.54) is 4.90 Å². The summed E-state index contributed by atoms with van der Waals surface area (Å²) in [5.74, 6) is -2.55. The lowest BCUT2D eigenvalue weighted by Crippen LogP contribution is -2.57. The summed E-state index contributed by atoms with van der Waals surface area (Å²) in [5.41, 5.74) is 0.967. The van der Waals surface area contributed by atoms with Gasteiger partial charge in [0.2, 0.25) is 17.7 Å². The monoisotopic (exact) mass is 570 g/mol. The average Bonchev–Trinajstić information content (AvgIpc) is 3.76. The molecular weight excluding hydrogens is 536 g/mol. The standard InChI is InChI=1S/C31H34N6O5/c1-3-16-34(20-37-23-13-9-8-12-22(23)32-33-37)30(41)27-31-15-14-24(42-31)25(26(31)29(40)36(27)18-19-38)28(39)35(17-4-2)21-10-6-5-7-11-21/h3-13,24-27,38H,1-2,14-20H2/t24-,25+,26+,27?,31?/m1/s1. The second-order valence-corrected chi connectivity index (χ2v) is 11.0. The summed E-state index contributed by atoms with van der Waals surface area (Å²) >= 11 is 0. The molecule has 6 rings (SSSR count). The van der Waals surface area contributed by atoms with E-state index < -0.39 is 29.6 Å². The van der Waals surface area contributed by atoms with Crippen molar-refractivity contribution in [3.63, 3.8) is 0 Å². The van der Waals surface area contributed by atoms with E-state index in [9.17, 15) is 19.5 Å². The van der Waals surface area contributed by atoms with E-state index >= 15 is 0 Å². The number of carbonyl (C=O) groups excluding carboxylic acids is 3. The molecule has 1 aromatic heterocycles. The van der Waals surface area contributed by atoms with E-state index in [-0.39, 0.29) is 50.6 Å². The predicted octanol–water partition coefficient (Wildman–Crippen LogP) is 1.99. The number of rotatable bonds is 11. The van der Waals surface area contributed by atoms with Gasteiger partial charge in [-0.25, -0.2) is 4.68 Å². The summed E-state index contributed by atoms with van der Waals surface area (Å²) in [6, 6.07) is 15.7. The van der Waals surface area contributed by atoms with Gasteiger partial charge >= 0.3 is 0 Å². The first-order valence-electron chi connectivity index (χ1n) is 14.2. The summed E-state index contributed by atoms with van der Waals surface area (Å²) in [4.78, 5) is 47.3. The van der Waals surface area contributed by atoms with E-state index in [2.05, 4.69) is 23.5 Å². The number of β-amino-alcohol motifs (C(OH)–C–C–N with tert-alkyl or cyclic N) is 1. The SMILES string of the molecule is C=CCN(Cn1nnc2ccccc21)C(=O)C1N(CCO)C(=O)[C@@H]2[C@@H](C(=O)N(CC=C)c3ccccc3)[C@H]3CCC12O3. The summed E-state index contributed by atoms with van der Waals surface area (Å²) in [6.45, 7) is 7.82. The molecule has 1 N–H and O–H groups in total. The van der Waals surface area contributed by atoms with Gasteiger partial charge in [-0.3, -0.25) is 14.4 Å². The number of hydrogen-bond donors (Lipinski definition) is 1. The fourth-order valence-electron chi connectivity index (χ4n) is 7.03. The van der Waals surface area contributed by atoms with Crippen molar-refractivity contribution >= 4 is 34.4 Å². The van der Waals surface area contributed by atoms with Gasteiger partial charge in [-0.15, -0.1) is 18.3 Å². The third-order valence-electron chi connectivity index (χ3n) is 8.69. The fraction of sp³-hybridized carbons (Fsp3) is 0.387. The molecule has 0 aliphatic carbocycles. The van der Waals surface area contributed by atoms with E-state index in [0.717, 1.165) is 5.52 Å². The van der Waals surface area contributed by atoms with Crippen molar-refractivity contribution < 1.29 is 24.2 Å². The number of aromatic nitrogens is 3. The quantitative estimate of drug-likeness (QED) is 0.350. The van der Waals surface area contributed by atoms with Gasteiger partial charge < -0.3 is 24.5 Å². The van der Waals surface area contributed by atoms with E-state index in [1.807, 2.05) is 54.6 Å². The second kappa shape index (κ2) is 11.1. The molecule has 3 fully saturated rings. The smallest absolute Gasteiger partial charge is 0.250 e. The van der Waals surface area contributed by atoms with Crippen LogP contribution in [0.4, 0.5) is 5.69 Å². The Morgan fingerprint density at radius 2 is 1.81 bits per heavy atom. The largest absolute Gasteiger partial charge is 0.395 e. The zero-order valence-corrected chi connectivity index (χ0v) is 23.3. The predicted molar refractivity (Wildman–Crippen MR) is 155 cm³/mol. The highest BCUT2D eigenvalue weighted by atomic mass is 16.5. The molecule has 3 aromatic rings. The number of aliphatic hydroxyl groups is 1. The molecule has 5 atom stereocenters. The highest BCUT2D eigenvalue weighted by molar-refractivity contribution is 6.03. The number of amides is 3. The Labute approximate surface area is 243 Å². The number of carbonyl (C=O) groups is 3. The second-order valence-electron chi connectivity index (χ2n) is 11.0. The lowest BCUT2D eigenvalue weighted by atomic mass is 9.70. The van der Waals surface area contributed by atoms with Crippen molar-refractivity contribution in [2.75, 3.05) is 31.1 Å². The first-order chi connectivity index (χ1) is 20.4. The lowest BCUT2D eigenvalue weighted by Gasteiger charge is -2.36. The van der Waals surface area contributed by atoms with Crippen LogP contribution in [-0.2, 0) is 25.8 Å². The molecule has 3 amide bonds. The summed E-state index contributed by atoms with van der Waals surface area (Å²) in [7, 11) is 0. The van der Waals surface area contributed by atoms with Gasteiger partial charge in [-0.1, -0.05) is 47.7 Å². The van der Waals surface area contributed by atoms with Crippen LogP contribution in [0, 0.1) is 11.8 Å². The Hall–Kier alpha value is -4.35. The highest BCUT2D eigenvalue weighted by Crippen LogP contribution is 2.59. The Balaban J connectivity index is 1.35. The summed E-state index contributed by atoms with van der Waals surface area (Å²) in [5, 5.41) is 18.4. The van der Waals surface area contributed by atoms with Crippen molar-refractivity contribution in [2.45, 2.75) is 37.3 Å². The summed E-state index contributed by atoms with van der Waals surface area (Å²) < 4.78 is 8.20. The van der Waals surface area contributed by atoms with Gasteiger partial charge in [0.15, 0.2) is 0 Å². The van der Waals surface area contributed by atoms with E-state index in [4.69, 9.17) is 4.74 Å². The van der Waals surface area contributed by atoms with Crippen LogP contribution in [0.5, 0.6) is 0 Å². The van der Waals surface area contributed by atoms with Crippen LogP contribution in [-0.4, -0.2) is 91.6 Å².